The molecule has 140 valence electrons. The first kappa shape index (κ1) is 19.1. The van der Waals surface area contributed by atoms with Crippen LogP contribution in [-0.2, 0) is 4.79 Å². The molecule has 0 aliphatic heterocycles. The molecule has 0 fully saturated rings. The summed E-state index contributed by atoms with van der Waals surface area (Å²) in [6, 6.07) is 17.9. The third-order valence-electron chi connectivity index (χ3n) is 4.16. The Morgan fingerprint density at radius 3 is 2.63 bits per heavy atom. The van der Waals surface area contributed by atoms with E-state index in [9.17, 15) is 4.79 Å². The molecule has 1 atom stereocenters. The van der Waals surface area contributed by atoms with Crippen molar-refractivity contribution in [1.82, 2.24) is 25.5 Å². The first-order chi connectivity index (χ1) is 13.0. The number of tetrazole rings is 1. The van der Waals surface area contributed by atoms with Gasteiger partial charge in [-0.15, -0.1) is 5.10 Å². The van der Waals surface area contributed by atoms with Gasteiger partial charge in [-0.05, 0) is 46.5 Å². The van der Waals surface area contributed by atoms with Crippen LogP contribution in [0, 0.1) is 12.8 Å². The quantitative estimate of drug-likeness (QED) is 0.633. The second kappa shape index (κ2) is 8.81. The van der Waals surface area contributed by atoms with Crippen molar-refractivity contribution in [3.05, 3.63) is 65.7 Å². The van der Waals surface area contributed by atoms with Crippen molar-refractivity contribution in [2.45, 2.75) is 32.0 Å². The van der Waals surface area contributed by atoms with E-state index in [1.165, 1.54) is 11.8 Å². The van der Waals surface area contributed by atoms with Crippen molar-refractivity contribution in [2.75, 3.05) is 5.75 Å². The van der Waals surface area contributed by atoms with E-state index in [0.29, 0.717) is 11.1 Å². The normalized spacial score (nSPS) is 12.1. The van der Waals surface area contributed by atoms with E-state index < -0.39 is 0 Å². The summed E-state index contributed by atoms with van der Waals surface area (Å²) in [5, 5.41) is 15.6. The maximum absolute atomic E-state index is 12.5. The lowest BCUT2D eigenvalue weighted by atomic mass is 9.96. The molecule has 27 heavy (non-hydrogen) atoms. The molecule has 7 heteroatoms. The summed E-state index contributed by atoms with van der Waals surface area (Å²) in [5.74, 6) is 0.503. The standard InChI is InChI=1S/C20H23N5OS/c1-14(2)19(16-9-5-4-6-10-16)21-18(26)13-27-20-22-23-24-25(20)17-11-7-8-15(3)12-17/h4-12,14,19H,13H2,1-3H3,(H,21,26). The van der Waals surface area contributed by atoms with E-state index in [1.54, 1.807) is 4.68 Å². The van der Waals surface area contributed by atoms with Crippen molar-refractivity contribution in [3.63, 3.8) is 0 Å². The number of rotatable bonds is 7. The molecule has 3 rings (SSSR count). The van der Waals surface area contributed by atoms with Gasteiger partial charge in [0.1, 0.15) is 0 Å². The highest BCUT2D eigenvalue weighted by atomic mass is 32.2. The van der Waals surface area contributed by atoms with Gasteiger partial charge in [0.15, 0.2) is 0 Å². The molecule has 2 aromatic carbocycles. The number of thioether (sulfide) groups is 1. The van der Waals surface area contributed by atoms with E-state index >= 15 is 0 Å². The number of amides is 1. The number of nitrogens with zero attached hydrogens (tertiary/aromatic N) is 4. The smallest absolute Gasteiger partial charge is 0.230 e. The van der Waals surface area contributed by atoms with Crippen LogP contribution >= 0.6 is 11.8 Å². The highest BCUT2D eigenvalue weighted by molar-refractivity contribution is 7.99. The van der Waals surface area contributed by atoms with Crippen molar-refractivity contribution in [3.8, 4) is 5.69 Å². The van der Waals surface area contributed by atoms with Crippen molar-refractivity contribution in [2.24, 2.45) is 5.92 Å². The Hall–Kier alpha value is -2.67. The highest BCUT2D eigenvalue weighted by Gasteiger charge is 2.19. The Labute approximate surface area is 163 Å². The minimum atomic E-state index is -0.0404. The molecule has 0 aliphatic rings. The molecule has 0 radical (unpaired) electrons. The van der Waals surface area contributed by atoms with E-state index in [-0.39, 0.29) is 17.7 Å². The molecule has 1 amide bonds. The van der Waals surface area contributed by atoms with E-state index in [1.807, 2.05) is 61.5 Å². The first-order valence-electron chi connectivity index (χ1n) is 8.87. The van der Waals surface area contributed by atoms with Gasteiger partial charge in [-0.25, -0.2) is 0 Å². The molecule has 1 heterocycles. The zero-order valence-corrected chi connectivity index (χ0v) is 16.5. The van der Waals surface area contributed by atoms with Gasteiger partial charge in [-0.2, -0.15) is 4.68 Å². The Balaban J connectivity index is 1.65. The summed E-state index contributed by atoms with van der Waals surface area (Å²) < 4.78 is 1.65. The van der Waals surface area contributed by atoms with Gasteiger partial charge in [0.2, 0.25) is 11.1 Å². The third kappa shape index (κ3) is 4.95. The number of aromatic nitrogens is 4. The SMILES string of the molecule is Cc1cccc(-n2nnnc2SCC(=O)NC(c2ccccc2)C(C)C)c1. The molecule has 3 aromatic rings. The minimum absolute atomic E-state index is 0.0212. The van der Waals surface area contributed by atoms with Crippen LogP contribution in [0.2, 0.25) is 0 Å². The lowest BCUT2D eigenvalue weighted by Crippen LogP contribution is -2.33. The summed E-state index contributed by atoms with van der Waals surface area (Å²) in [7, 11) is 0. The van der Waals surface area contributed by atoms with Crippen LogP contribution in [0.15, 0.2) is 59.8 Å². The van der Waals surface area contributed by atoms with Crippen molar-refractivity contribution in [1.29, 1.82) is 0 Å². The monoisotopic (exact) mass is 381 g/mol. The van der Waals surface area contributed by atoms with Crippen LogP contribution in [0.1, 0.15) is 31.0 Å². The molecule has 0 aliphatic carbocycles. The number of carbonyl (C=O) groups excluding carboxylic acids is 1. The molecule has 1 aromatic heterocycles. The fraction of sp³-hybridized carbons (Fsp3) is 0.300. The molecular weight excluding hydrogens is 358 g/mol. The van der Waals surface area contributed by atoms with Gasteiger partial charge in [-0.1, -0.05) is 68.1 Å². The number of nitrogens with one attached hydrogen (secondary N) is 1. The fourth-order valence-electron chi connectivity index (χ4n) is 2.83. The van der Waals surface area contributed by atoms with Gasteiger partial charge in [0, 0.05) is 0 Å². The van der Waals surface area contributed by atoms with Crippen LogP contribution < -0.4 is 5.32 Å². The van der Waals surface area contributed by atoms with Crippen molar-refractivity contribution >= 4 is 17.7 Å². The first-order valence-corrected chi connectivity index (χ1v) is 9.85. The average molecular weight is 382 g/mol. The highest BCUT2D eigenvalue weighted by Crippen LogP contribution is 2.23. The Bertz CT molecular complexity index is 894. The number of hydrogen-bond acceptors (Lipinski definition) is 5. The minimum Gasteiger partial charge on any atom is -0.348 e. The second-order valence-corrected chi connectivity index (χ2v) is 7.64. The third-order valence-corrected chi connectivity index (χ3v) is 5.08. The molecular formula is C20H23N5OS. The summed E-state index contributed by atoms with van der Waals surface area (Å²) in [6.07, 6.45) is 0. The molecule has 1 N–H and O–H groups in total. The van der Waals surface area contributed by atoms with Gasteiger partial charge >= 0.3 is 0 Å². The number of carbonyl (C=O) groups is 1. The molecule has 1 unspecified atom stereocenters. The fourth-order valence-corrected chi connectivity index (χ4v) is 3.53. The molecule has 0 saturated heterocycles. The van der Waals surface area contributed by atoms with Crippen LogP contribution in [0.4, 0.5) is 0 Å². The van der Waals surface area contributed by atoms with E-state index in [0.717, 1.165) is 16.8 Å². The molecule has 6 nitrogen and oxygen atoms in total. The van der Waals surface area contributed by atoms with Gasteiger partial charge in [0.05, 0.1) is 17.5 Å². The lowest BCUT2D eigenvalue weighted by Gasteiger charge is -2.22. The number of aryl methyl sites for hydroxylation is 1. The van der Waals surface area contributed by atoms with Crippen molar-refractivity contribution < 1.29 is 4.79 Å². The Kier molecular flexibility index (Phi) is 6.24. The largest absolute Gasteiger partial charge is 0.348 e. The van der Waals surface area contributed by atoms with Crippen LogP contribution in [-0.4, -0.2) is 31.9 Å². The summed E-state index contributed by atoms with van der Waals surface area (Å²) in [4.78, 5) is 12.5. The molecule has 0 saturated carbocycles. The Morgan fingerprint density at radius 2 is 1.93 bits per heavy atom. The molecule has 0 bridgehead atoms. The second-order valence-electron chi connectivity index (χ2n) is 6.70. The van der Waals surface area contributed by atoms with Gasteiger partial charge in [-0.3, -0.25) is 4.79 Å². The predicted octanol–water partition coefficient (Wildman–Crippen LogP) is 3.58. The van der Waals surface area contributed by atoms with Gasteiger partial charge < -0.3 is 5.32 Å². The number of hydrogen-bond donors (Lipinski definition) is 1. The zero-order chi connectivity index (χ0) is 19.2. The average Bonchev–Trinajstić information content (AvgIpc) is 3.13. The Morgan fingerprint density at radius 1 is 1.15 bits per heavy atom. The predicted molar refractivity (Wildman–Crippen MR) is 107 cm³/mol. The topological polar surface area (TPSA) is 72.7 Å². The van der Waals surface area contributed by atoms with Gasteiger partial charge in [0.25, 0.3) is 0 Å². The van der Waals surface area contributed by atoms with Crippen LogP contribution in [0.3, 0.4) is 0 Å². The lowest BCUT2D eigenvalue weighted by molar-refractivity contribution is -0.119. The maximum atomic E-state index is 12.5. The summed E-state index contributed by atoms with van der Waals surface area (Å²) >= 11 is 1.33. The van der Waals surface area contributed by atoms with E-state index in [4.69, 9.17) is 0 Å². The van der Waals surface area contributed by atoms with Crippen LogP contribution in [0.25, 0.3) is 5.69 Å². The zero-order valence-electron chi connectivity index (χ0n) is 15.7. The summed E-state index contributed by atoms with van der Waals surface area (Å²) in [6.45, 7) is 6.22. The number of benzene rings is 2. The van der Waals surface area contributed by atoms with E-state index in [2.05, 4.69) is 34.7 Å². The molecule has 0 spiro atoms. The summed E-state index contributed by atoms with van der Waals surface area (Å²) in [5.41, 5.74) is 3.11. The maximum Gasteiger partial charge on any atom is 0.230 e. The van der Waals surface area contributed by atoms with Crippen LogP contribution in [0.5, 0.6) is 0 Å².